The van der Waals surface area contributed by atoms with Crippen LogP contribution in [0.1, 0.15) is 82.6 Å². The Kier molecular flexibility index (Phi) is 7.03. The molecule has 0 saturated heterocycles. The smallest absolute Gasteiger partial charge is 0.159 e. The first kappa shape index (κ1) is 22.4. The van der Waals surface area contributed by atoms with Gasteiger partial charge in [-0.1, -0.05) is 38.7 Å². The Morgan fingerprint density at radius 3 is 1.81 bits per heavy atom. The topological polar surface area (TPSA) is 0 Å². The maximum absolute atomic E-state index is 14.8. The third kappa shape index (κ3) is 4.99. The molecule has 2 saturated carbocycles. The van der Waals surface area contributed by atoms with Gasteiger partial charge in [-0.3, -0.25) is 0 Å². The highest BCUT2D eigenvalue weighted by Gasteiger charge is 2.31. The van der Waals surface area contributed by atoms with Crippen molar-refractivity contribution in [2.75, 3.05) is 0 Å². The van der Waals surface area contributed by atoms with Gasteiger partial charge in [-0.15, -0.1) is 0 Å². The van der Waals surface area contributed by atoms with E-state index in [9.17, 15) is 17.6 Å². The quantitative estimate of drug-likeness (QED) is 0.414. The van der Waals surface area contributed by atoms with Crippen LogP contribution in [-0.2, 0) is 0 Å². The number of hydrogen-bond acceptors (Lipinski definition) is 0. The lowest BCUT2D eigenvalue weighted by Gasteiger charge is -2.38. The highest BCUT2D eigenvalue weighted by Crippen LogP contribution is 2.45. The number of rotatable bonds is 5. The molecule has 0 radical (unpaired) electrons. The van der Waals surface area contributed by atoms with Gasteiger partial charge in [0.1, 0.15) is 11.6 Å². The molecule has 2 aliphatic rings. The maximum Gasteiger partial charge on any atom is 0.159 e. The number of halogens is 4. The molecule has 0 aliphatic heterocycles. The summed E-state index contributed by atoms with van der Waals surface area (Å²) in [5.74, 6) is -0.922. The molecule has 31 heavy (non-hydrogen) atoms. The van der Waals surface area contributed by atoms with Crippen molar-refractivity contribution < 1.29 is 17.6 Å². The third-order valence-electron chi connectivity index (χ3n) is 7.77. The van der Waals surface area contributed by atoms with Crippen LogP contribution in [0.4, 0.5) is 17.6 Å². The van der Waals surface area contributed by atoms with Crippen LogP contribution in [0.25, 0.3) is 11.1 Å². The van der Waals surface area contributed by atoms with Gasteiger partial charge < -0.3 is 0 Å². The van der Waals surface area contributed by atoms with Crippen LogP contribution >= 0.6 is 0 Å². The molecule has 2 aromatic carbocycles. The first-order chi connectivity index (χ1) is 15.0. The van der Waals surface area contributed by atoms with E-state index in [1.807, 2.05) is 0 Å². The lowest BCUT2D eigenvalue weighted by Crippen LogP contribution is -2.25. The van der Waals surface area contributed by atoms with Crippen LogP contribution in [0.3, 0.4) is 0 Å². The fraction of sp³-hybridized carbons (Fsp3) is 0.556. The molecular formula is C27H32F4. The fourth-order valence-corrected chi connectivity index (χ4v) is 6.04. The number of benzene rings is 2. The summed E-state index contributed by atoms with van der Waals surface area (Å²) in [6.07, 6.45) is 12.2. The SMILES string of the molecule is CCCC1CCC(C2CCC(c3cc(F)c(-c4ccc(F)c(F)c4)c(F)c3)CC2)CC1. The second-order valence-electron chi connectivity index (χ2n) is 9.67. The van der Waals surface area contributed by atoms with Crippen molar-refractivity contribution in [2.24, 2.45) is 17.8 Å². The molecule has 2 aromatic rings. The van der Waals surface area contributed by atoms with Crippen molar-refractivity contribution >= 4 is 0 Å². The summed E-state index contributed by atoms with van der Waals surface area (Å²) < 4.78 is 56.3. The Morgan fingerprint density at radius 1 is 0.677 bits per heavy atom. The summed E-state index contributed by atoms with van der Waals surface area (Å²) in [6, 6.07) is 5.73. The monoisotopic (exact) mass is 432 g/mol. The summed E-state index contributed by atoms with van der Waals surface area (Å²) in [6.45, 7) is 2.27. The van der Waals surface area contributed by atoms with E-state index in [4.69, 9.17) is 0 Å². The highest BCUT2D eigenvalue weighted by molar-refractivity contribution is 5.65. The van der Waals surface area contributed by atoms with E-state index in [1.165, 1.54) is 56.7 Å². The van der Waals surface area contributed by atoms with Crippen molar-refractivity contribution in [1.29, 1.82) is 0 Å². The minimum absolute atomic E-state index is 0.0165. The number of hydrogen-bond donors (Lipinski definition) is 0. The van der Waals surface area contributed by atoms with Crippen LogP contribution in [0.2, 0.25) is 0 Å². The molecule has 0 amide bonds. The van der Waals surface area contributed by atoms with Gasteiger partial charge in [0.05, 0.1) is 5.56 Å². The van der Waals surface area contributed by atoms with E-state index in [-0.39, 0.29) is 17.0 Å². The van der Waals surface area contributed by atoms with Crippen molar-refractivity contribution in [3.05, 3.63) is 59.2 Å². The average Bonchev–Trinajstić information content (AvgIpc) is 2.76. The standard InChI is InChI=1S/C27H32F4/c1-2-3-17-4-6-18(7-5-17)19-8-10-20(11-9-19)22-15-25(30)27(26(31)16-22)21-12-13-23(28)24(29)14-21/h12-20H,2-11H2,1H3. The molecular weight excluding hydrogens is 400 g/mol. The molecule has 4 rings (SSSR count). The Labute approximate surface area is 183 Å². The first-order valence-electron chi connectivity index (χ1n) is 11.9. The molecule has 0 heterocycles. The summed E-state index contributed by atoms with van der Waals surface area (Å²) in [7, 11) is 0. The van der Waals surface area contributed by atoms with E-state index < -0.39 is 23.3 Å². The largest absolute Gasteiger partial charge is 0.206 e. The Bertz CT molecular complexity index is 867. The minimum atomic E-state index is -1.11. The molecule has 0 N–H and O–H groups in total. The summed E-state index contributed by atoms with van der Waals surface area (Å²) in [5.41, 5.74) is 0.412. The maximum atomic E-state index is 14.8. The molecule has 0 spiro atoms. The van der Waals surface area contributed by atoms with Gasteiger partial charge in [-0.05, 0) is 97.6 Å². The van der Waals surface area contributed by atoms with Crippen LogP contribution in [0.5, 0.6) is 0 Å². The molecule has 0 atom stereocenters. The van der Waals surface area contributed by atoms with Crippen LogP contribution in [0.15, 0.2) is 30.3 Å². The molecule has 2 fully saturated rings. The zero-order valence-electron chi connectivity index (χ0n) is 18.3. The fourth-order valence-electron chi connectivity index (χ4n) is 6.04. The molecule has 4 heteroatoms. The molecule has 0 nitrogen and oxygen atoms in total. The van der Waals surface area contributed by atoms with E-state index in [0.717, 1.165) is 55.6 Å². The van der Waals surface area contributed by atoms with Gasteiger partial charge in [-0.25, -0.2) is 17.6 Å². The van der Waals surface area contributed by atoms with Gasteiger partial charge in [0, 0.05) is 0 Å². The molecule has 0 aromatic heterocycles. The van der Waals surface area contributed by atoms with E-state index >= 15 is 0 Å². The van der Waals surface area contributed by atoms with E-state index in [2.05, 4.69) is 6.92 Å². The summed E-state index contributed by atoms with van der Waals surface area (Å²) >= 11 is 0. The van der Waals surface area contributed by atoms with E-state index in [1.54, 1.807) is 0 Å². The second-order valence-corrected chi connectivity index (χ2v) is 9.67. The van der Waals surface area contributed by atoms with Crippen LogP contribution in [-0.4, -0.2) is 0 Å². The Balaban J connectivity index is 1.40. The van der Waals surface area contributed by atoms with Gasteiger partial charge >= 0.3 is 0 Å². The molecule has 2 aliphatic carbocycles. The first-order valence-corrected chi connectivity index (χ1v) is 11.9. The van der Waals surface area contributed by atoms with Crippen molar-refractivity contribution in [2.45, 2.75) is 77.0 Å². The predicted molar refractivity (Wildman–Crippen MR) is 117 cm³/mol. The Morgan fingerprint density at radius 2 is 1.26 bits per heavy atom. The van der Waals surface area contributed by atoms with Crippen LogP contribution < -0.4 is 0 Å². The van der Waals surface area contributed by atoms with Crippen molar-refractivity contribution in [3.63, 3.8) is 0 Å². The third-order valence-corrected chi connectivity index (χ3v) is 7.77. The second kappa shape index (κ2) is 9.75. The molecule has 0 unspecified atom stereocenters. The van der Waals surface area contributed by atoms with Crippen LogP contribution in [0, 0.1) is 41.0 Å². The molecule has 0 bridgehead atoms. The van der Waals surface area contributed by atoms with E-state index in [0.29, 0.717) is 5.56 Å². The minimum Gasteiger partial charge on any atom is -0.206 e. The van der Waals surface area contributed by atoms with Crippen molar-refractivity contribution in [1.82, 2.24) is 0 Å². The van der Waals surface area contributed by atoms with Gasteiger partial charge in [0.15, 0.2) is 11.6 Å². The van der Waals surface area contributed by atoms with Crippen molar-refractivity contribution in [3.8, 4) is 11.1 Å². The normalized spacial score (nSPS) is 26.7. The Hall–Kier alpha value is -1.84. The lowest BCUT2D eigenvalue weighted by atomic mass is 9.68. The van der Waals surface area contributed by atoms with Gasteiger partial charge in [0.25, 0.3) is 0 Å². The zero-order chi connectivity index (χ0) is 22.0. The summed E-state index contributed by atoms with van der Waals surface area (Å²) in [5, 5.41) is 0. The highest BCUT2D eigenvalue weighted by atomic mass is 19.2. The predicted octanol–water partition coefficient (Wildman–Crippen LogP) is 8.79. The molecule has 168 valence electrons. The average molecular weight is 433 g/mol. The van der Waals surface area contributed by atoms with Gasteiger partial charge in [0.2, 0.25) is 0 Å². The lowest BCUT2D eigenvalue weighted by molar-refractivity contribution is 0.156. The summed E-state index contributed by atoms with van der Waals surface area (Å²) in [4.78, 5) is 0. The van der Waals surface area contributed by atoms with Gasteiger partial charge in [-0.2, -0.15) is 0 Å². The zero-order valence-corrected chi connectivity index (χ0v) is 18.3.